The Morgan fingerprint density at radius 2 is 0.794 bits per heavy atom. The fourth-order valence-corrected chi connectivity index (χ4v) is 17.2. The number of carbonyl (C=O) groups excluding carboxylic acids is 4. The third-order valence-corrected chi connectivity index (χ3v) is 24.7. The number of allylic oxidation sites excluding steroid dienone is 6. The number of benzene rings is 3. The first-order chi connectivity index (χ1) is 50.5. The first-order valence-corrected chi connectivity index (χ1v) is 40.7. The minimum Gasteiger partial charge on any atom is -0.340 e. The molecule has 3 fully saturated rings. The van der Waals surface area contributed by atoms with E-state index in [1.807, 2.05) is 28.8 Å². The Balaban J connectivity index is 0.000000172. The van der Waals surface area contributed by atoms with Gasteiger partial charge in [-0.05, 0) is 144 Å². The Labute approximate surface area is 640 Å². The van der Waals surface area contributed by atoms with Crippen molar-refractivity contribution in [1.82, 2.24) is 49.5 Å². The Kier molecular flexibility index (Phi) is 25.5. The Morgan fingerprint density at radius 1 is 0.486 bits per heavy atom. The molecule has 0 unspecified atom stereocenters. The second-order valence-corrected chi connectivity index (χ2v) is 37.6. The van der Waals surface area contributed by atoms with Crippen LogP contribution in [0.5, 0.6) is 0 Å². The summed E-state index contributed by atoms with van der Waals surface area (Å²) < 4.78 is 23.7. The molecule has 3 aliphatic carbocycles. The van der Waals surface area contributed by atoms with Crippen LogP contribution in [0.1, 0.15) is 230 Å². The molecule has 19 nitrogen and oxygen atoms in total. The van der Waals surface area contributed by atoms with Crippen molar-refractivity contribution in [2.75, 3.05) is 111 Å². The number of anilines is 3. The molecule has 3 aliphatic heterocycles. The monoisotopic (exact) mass is 1490 g/mol. The summed E-state index contributed by atoms with van der Waals surface area (Å²) in [4.78, 5) is 80.7. The first kappa shape index (κ1) is 80.8. The molecule has 12 rings (SSSR count). The minimum absolute atomic E-state index is 0.0104. The third-order valence-electron chi connectivity index (χ3n) is 22.2. The number of hydrogen-bond acceptors (Lipinski definition) is 13. The molecule has 3 aromatic carbocycles. The average Bonchev–Trinajstić information content (AvgIpc) is 1.52. The largest absolute Gasteiger partial charge is 0.340 e. The van der Waals surface area contributed by atoms with Gasteiger partial charge in [-0.15, -0.1) is 19.3 Å². The summed E-state index contributed by atoms with van der Waals surface area (Å²) in [5.74, 6) is 10.1. The number of sulfone groups is 1. The van der Waals surface area contributed by atoms with Gasteiger partial charge in [-0.2, -0.15) is 11.8 Å². The van der Waals surface area contributed by atoms with Crippen LogP contribution in [0.15, 0.2) is 91.4 Å². The number of nitrogens with one attached hydrogen (secondary N) is 6. The molecule has 0 radical (unpaired) electrons. The highest BCUT2D eigenvalue weighted by molar-refractivity contribution is 7.99. The number of aromatic nitrogens is 6. The lowest BCUT2D eigenvalue weighted by Crippen LogP contribution is -2.50. The minimum atomic E-state index is -2.91. The quantitative estimate of drug-likeness (QED) is 0.0440. The Morgan fingerprint density at radius 3 is 1.07 bits per heavy atom. The Hall–Kier alpha value is -8.75. The maximum absolute atomic E-state index is 13.0. The van der Waals surface area contributed by atoms with Gasteiger partial charge in [0, 0.05) is 140 Å². The third kappa shape index (κ3) is 21.6. The van der Waals surface area contributed by atoms with Gasteiger partial charge >= 0.3 is 0 Å². The second-order valence-electron chi connectivity index (χ2n) is 34.1. The highest BCUT2D eigenvalue weighted by Crippen LogP contribution is 2.45. The SMILES string of the molecule is C#Cc1cnc(C(=O)Nc2ccc(C(C)(C)CN3CCN(C(C)=O)CC3)cc2C2=CCC(C)(C)CC2)[nH]1.C#Cc1cnc(C(=O)Nc2ccc(C(C)(C)CN3CCS(=O)(=O)CC3)cc2C2=CCC(C)(C)CC2)[nH]1.C#Cc1cnc(C(=O)Nc2ccc(C(C)(C)CN3CCSCC3)cc2C2=CCC(C)(C)CC2)[nH]1. The predicted octanol–water partition coefficient (Wildman–Crippen LogP) is 14.5. The molecule has 0 saturated carbocycles. The number of nitrogens with zero attached hydrogens (tertiary/aromatic N) is 7. The number of thioether (sulfide) groups is 1. The van der Waals surface area contributed by atoms with Gasteiger partial charge < -0.3 is 45.6 Å². The molecule has 6 aliphatic rings. The summed E-state index contributed by atoms with van der Waals surface area (Å²) in [6.45, 7) is 38.5. The van der Waals surface area contributed by atoms with Gasteiger partial charge in [0.05, 0.1) is 30.1 Å². The van der Waals surface area contributed by atoms with E-state index < -0.39 is 9.84 Å². The highest BCUT2D eigenvalue weighted by atomic mass is 32.2. The van der Waals surface area contributed by atoms with Crippen LogP contribution in [-0.4, -0.2) is 177 Å². The number of imidazole rings is 3. The number of hydrogen-bond donors (Lipinski definition) is 6. The fraction of sp³-hybridized carbons (Fsp3) is 0.500. The lowest BCUT2D eigenvalue weighted by Gasteiger charge is -2.39. The van der Waals surface area contributed by atoms with Crippen molar-refractivity contribution in [3.05, 3.63) is 159 Å². The molecule has 107 heavy (non-hydrogen) atoms. The van der Waals surface area contributed by atoms with Crippen molar-refractivity contribution in [2.45, 2.75) is 164 Å². The van der Waals surface area contributed by atoms with E-state index in [4.69, 9.17) is 19.3 Å². The zero-order valence-corrected chi connectivity index (χ0v) is 66.9. The molecule has 568 valence electrons. The van der Waals surface area contributed by atoms with Crippen LogP contribution in [0.3, 0.4) is 0 Å². The van der Waals surface area contributed by atoms with Gasteiger partial charge in [0.1, 0.15) is 17.1 Å². The number of terminal acetylenes is 3. The number of piperazine rings is 1. The summed E-state index contributed by atoms with van der Waals surface area (Å²) in [6.07, 6.45) is 36.9. The zero-order valence-electron chi connectivity index (χ0n) is 65.3. The van der Waals surface area contributed by atoms with Crippen LogP contribution in [0.2, 0.25) is 0 Å². The van der Waals surface area contributed by atoms with Gasteiger partial charge in [-0.1, -0.05) is 137 Å². The summed E-state index contributed by atoms with van der Waals surface area (Å²) in [6, 6.07) is 19.1. The van der Waals surface area contributed by atoms with Crippen molar-refractivity contribution in [3.63, 3.8) is 0 Å². The van der Waals surface area contributed by atoms with Gasteiger partial charge in [0.15, 0.2) is 27.3 Å². The molecule has 6 N–H and O–H groups in total. The normalized spacial score (nSPS) is 18.9. The molecule has 21 heteroatoms. The number of aromatic amines is 3. The Bertz CT molecular complexity index is 4580. The van der Waals surface area contributed by atoms with Gasteiger partial charge in [-0.25, -0.2) is 23.4 Å². The molecule has 3 aromatic heterocycles. The molecule has 3 saturated heterocycles. The maximum atomic E-state index is 13.0. The van der Waals surface area contributed by atoms with Crippen LogP contribution in [-0.2, 0) is 30.9 Å². The smallest absolute Gasteiger partial charge is 0.291 e. The van der Waals surface area contributed by atoms with E-state index in [-0.39, 0.29) is 79.7 Å². The van der Waals surface area contributed by atoms with Crippen LogP contribution >= 0.6 is 11.8 Å². The van der Waals surface area contributed by atoms with Crippen LogP contribution in [0.4, 0.5) is 17.1 Å². The molecule has 6 heterocycles. The molecular formula is C86H111N13O6S2. The fourth-order valence-electron chi connectivity index (χ4n) is 14.9. The summed E-state index contributed by atoms with van der Waals surface area (Å²) >= 11 is 2.04. The van der Waals surface area contributed by atoms with E-state index in [1.54, 1.807) is 6.92 Å². The number of H-pyrrole nitrogens is 3. The van der Waals surface area contributed by atoms with Crippen molar-refractivity contribution >= 4 is 79.0 Å². The van der Waals surface area contributed by atoms with Crippen molar-refractivity contribution in [3.8, 4) is 37.0 Å². The molecular weight excluding hydrogens is 1380 g/mol. The predicted molar refractivity (Wildman–Crippen MR) is 436 cm³/mol. The molecule has 6 aromatic rings. The average molecular weight is 1490 g/mol. The van der Waals surface area contributed by atoms with Crippen molar-refractivity contribution in [2.24, 2.45) is 16.2 Å². The number of rotatable bonds is 18. The highest BCUT2D eigenvalue weighted by Gasteiger charge is 2.35. The number of amides is 4. The van der Waals surface area contributed by atoms with Crippen LogP contribution in [0.25, 0.3) is 16.7 Å². The van der Waals surface area contributed by atoms with E-state index in [1.165, 1.54) is 57.9 Å². The molecule has 0 atom stereocenters. The van der Waals surface area contributed by atoms with Crippen LogP contribution < -0.4 is 16.0 Å². The van der Waals surface area contributed by atoms with E-state index in [9.17, 15) is 27.6 Å². The van der Waals surface area contributed by atoms with E-state index in [0.717, 1.165) is 156 Å². The molecule has 0 spiro atoms. The van der Waals surface area contributed by atoms with Gasteiger partial charge in [0.2, 0.25) is 5.91 Å². The zero-order chi connectivity index (χ0) is 77.3. The lowest BCUT2D eigenvalue weighted by atomic mass is 9.75. The molecule has 4 amide bonds. The maximum Gasteiger partial charge on any atom is 0.291 e. The van der Waals surface area contributed by atoms with Gasteiger partial charge in [0.25, 0.3) is 17.7 Å². The van der Waals surface area contributed by atoms with E-state index in [0.29, 0.717) is 35.6 Å². The molecule has 0 bridgehead atoms. The lowest BCUT2D eigenvalue weighted by molar-refractivity contribution is -0.130. The summed E-state index contributed by atoms with van der Waals surface area (Å²) in [7, 11) is -2.91. The van der Waals surface area contributed by atoms with E-state index >= 15 is 0 Å². The topological polar surface area (TPSA) is 238 Å². The van der Waals surface area contributed by atoms with Crippen molar-refractivity contribution in [1.29, 1.82) is 0 Å². The van der Waals surface area contributed by atoms with Crippen molar-refractivity contribution < 1.29 is 27.6 Å². The van der Waals surface area contributed by atoms with Crippen LogP contribution in [0, 0.1) is 53.3 Å². The summed E-state index contributed by atoms with van der Waals surface area (Å²) in [5, 5.41) is 9.19. The number of carbonyl (C=O) groups is 4. The van der Waals surface area contributed by atoms with Gasteiger partial charge in [-0.3, -0.25) is 24.1 Å². The summed E-state index contributed by atoms with van der Waals surface area (Å²) in [5.41, 5.74) is 15.1. The standard InChI is InChI=1S/C30H39N5O2.C28H36N4O3S.C28H36N4OS/c1-7-24-19-31-27(32-24)28(37)33-26-9-8-23(18-25(26)22-10-12-29(3,4)13-11-22)30(5,6)20-34-14-16-35(17-15-34)21(2)36;1-6-22-18-29-25(30-22)26(33)31-24-8-7-21(17-23(24)20-9-11-27(2,3)12-10-20)28(4,5)19-32-13-15-36(34,35)16-14-32;1-6-22-18-29-25(30-22)26(33)31-24-8-7-21(28(4,5)19-32-13-15-34-16-14-32)17-23(24)20-9-11-27(2,3)12-10-20/h1,8-10,18-19H,11-17,20H2,2-6H3,(H,31,32)(H,33,37);1,7-9,17-18H,10-16,19H2,2-5H3,(H,29,30)(H,31,33);1,7-9,17-18H,10-16,19H2,2-5H3,(H,29,30)(H,31,33). The second kappa shape index (κ2) is 33.8. The first-order valence-electron chi connectivity index (χ1n) is 37.7. The van der Waals surface area contributed by atoms with E-state index in [2.05, 4.69) is 222 Å².